The number of hydrogen-bond donors (Lipinski definition) is 1. The van der Waals surface area contributed by atoms with Gasteiger partial charge in [0.1, 0.15) is 11.6 Å². The summed E-state index contributed by atoms with van der Waals surface area (Å²) in [4.78, 5) is 0. The zero-order valence-corrected chi connectivity index (χ0v) is 13.2. The standard InChI is InChI=1S/C14H21BrFNO2/c1-10(2)17-5-7-19-6-4-11-8-12(15)13(16)9-14(11)18-3/h8-10,17H,4-7H2,1-3H3. The molecule has 1 N–H and O–H groups in total. The monoisotopic (exact) mass is 333 g/mol. The third-order valence-electron chi connectivity index (χ3n) is 2.64. The topological polar surface area (TPSA) is 30.5 Å². The maximum absolute atomic E-state index is 13.3. The molecule has 19 heavy (non-hydrogen) atoms. The lowest BCUT2D eigenvalue weighted by Gasteiger charge is -2.11. The maximum atomic E-state index is 13.3. The fourth-order valence-electron chi connectivity index (χ4n) is 1.66. The normalized spacial score (nSPS) is 11.1. The van der Waals surface area contributed by atoms with Crippen molar-refractivity contribution in [3.05, 3.63) is 28.0 Å². The molecule has 0 aromatic heterocycles. The highest BCUT2D eigenvalue weighted by molar-refractivity contribution is 9.10. The Morgan fingerprint density at radius 2 is 2.05 bits per heavy atom. The molecule has 0 saturated heterocycles. The van der Waals surface area contributed by atoms with E-state index in [2.05, 4.69) is 35.1 Å². The van der Waals surface area contributed by atoms with E-state index < -0.39 is 0 Å². The second kappa shape index (κ2) is 8.51. The molecule has 1 aromatic rings. The van der Waals surface area contributed by atoms with Gasteiger partial charge in [0.15, 0.2) is 0 Å². The minimum Gasteiger partial charge on any atom is -0.496 e. The third-order valence-corrected chi connectivity index (χ3v) is 3.25. The van der Waals surface area contributed by atoms with E-state index >= 15 is 0 Å². The first-order valence-corrected chi connectivity index (χ1v) is 7.17. The largest absolute Gasteiger partial charge is 0.496 e. The molecule has 0 atom stereocenters. The van der Waals surface area contributed by atoms with Gasteiger partial charge < -0.3 is 14.8 Å². The Kier molecular flexibility index (Phi) is 7.34. The van der Waals surface area contributed by atoms with Crippen molar-refractivity contribution in [1.82, 2.24) is 5.32 Å². The van der Waals surface area contributed by atoms with Gasteiger partial charge in [-0.05, 0) is 34.0 Å². The van der Waals surface area contributed by atoms with E-state index in [1.165, 1.54) is 6.07 Å². The van der Waals surface area contributed by atoms with Gasteiger partial charge in [-0.15, -0.1) is 0 Å². The lowest BCUT2D eigenvalue weighted by Crippen LogP contribution is -2.26. The van der Waals surface area contributed by atoms with Crippen molar-refractivity contribution in [2.75, 3.05) is 26.9 Å². The quantitative estimate of drug-likeness (QED) is 0.741. The molecule has 0 aliphatic carbocycles. The van der Waals surface area contributed by atoms with E-state index in [4.69, 9.17) is 9.47 Å². The molecular formula is C14H21BrFNO2. The molecule has 0 aliphatic rings. The van der Waals surface area contributed by atoms with Crippen LogP contribution in [0, 0.1) is 5.82 Å². The van der Waals surface area contributed by atoms with Crippen LogP contribution in [0.5, 0.6) is 5.75 Å². The molecule has 0 bridgehead atoms. The van der Waals surface area contributed by atoms with Crippen molar-refractivity contribution >= 4 is 15.9 Å². The molecule has 0 fully saturated rings. The van der Waals surface area contributed by atoms with Crippen LogP contribution in [0.15, 0.2) is 16.6 Å². The third kappa shape index (κ3) is 5.89. The first-order valence-electron chi connectivity index (χ1n) is 6.37. The summed E-state index contributed by atoms with van der Waals surface area (Å²) in [6.45, 7) is 6.29. The summed E-state index contributed by atoms with van der Waals surface area (Å²) in [5.41, 5.74) is 0.938. The van der Waals surface area contributed by atoms with Crippen LogP contribution in [0.2, 0.25) is 0 Å². The number of benzene rings is 1. The lowest BCUT2D eigenvalue weighted by molar-refractivity contribution is 0.137. The summed E-state index contributed by atoms with van der Waals surface area (Å²) in [5.74, 6) is 0.243. The van der Waals surface area contributed by atoms with Crippen molar-refractivity contribution in [1.29, 1.82) is 0 Å². The van der Waals surface area contributed by atoms with Crippen LogP contribution in [0.25, 0.3) is 0 Å². The van der Waals surface area contributed by atoms with Gasteiger partial charge in [-0.3, -0.25) is 0 Å². The van der Waals surface area contributed by atoms with Crippen LogP contribution in [0.4, 0.5) is 4.39 Å². The van der Waals surface area contributed by atoms with Crippen molar-refractivity contribution in [3.8, 4) is 5.75 Å². The van der Waals surface area contributed by atoms with Crippen LogP contribution in [-0.4, -0.2) is 32.9 Å². The average Bonchev–Trinajstić information content (AvgIpc) is 2.36. The molecule has 0 radical (unpaired) electrons. The predicted molar refractivity (Wildman–Crippen MR) is 78.3 cm³/mol. The average molecular weight is 334 g/mol. The smallest absolute Gasteiger partial charge is 0.141 e. The highest BCUT2D eigenvalue weighted by Gasteiger charge is 2.08. The maximum Gasteiger partial charge on any atom is 0.141 e. The number of rotatable bonds is 8. The molecule has 0 aliphatic heterocycles. The molecule has 0 saturated carbocycles. The highest BCUT2D eigenvalue weighted by Crippen LogP contribution is 2.26. The van der Waals surface area contributed by atoms with E-state index in [0.29, 0.717) is 35.9 Å². The number of nitrogens with one attached hydrogen (secondary N) is 1. The Labute approximate surface area is 122 Å². The van der Waals surface area contributed by atoms with E-state index in [1.807, 2.05) is 0 Å². The van der Waals surface area contributed by atoms with Crippen LogP contribution < -0.4 is 10.1 Å². The Hall–Kier alpha value is -0.650. The Bertz CT molecular complexity index is 399. The van der Waals surface area contributed by atoms with Crippen molar-refractivity contribution in [2.24, 2.45) is 0 Å². The van der Waals surface area contributed by atoms with Crippen LogP contribution in [-0.2, 0) is 11.2 Å². The molecule has 0 heterocycles. The van der Waals surface area contributed by atoms with Crippen molar-refractivity contribution < 1.29 is 13.9 Å². The lowest BCUT2D eigenvalue weighted by atomic mass is 10.1. The molecule has 3 nitrogen and oxygen atoms in total. The van der Waals surface area contributed by atoms with Gasteiger partial charge in [0.25, 0.3) is 0 Å². The number of methoxy groups -OCH3 is 1. The van der Waals surface area contributed by atoms with E-state index in [9.17, 15) is 4.39 Å². The van der Waals surface area contributed by atoms with E-state index in [1.54, 1.807) is 13.2 Å². The molecule has 0 amide bonds. The first-order chi connectivity index (χ1) is 9.04. The summed E-state index contributed by atoms with van der Waals surface area (Å²) in [7, 11) is 1.54. The highest BCUT2D eigenvalue weighted by atomic mass is 79.9. The van der Waals surface area contributed by atoms with Gasteiger partial charge in [0.2, 0.25) is 0 Å². The molecule has 1 aromatic carbocycles. The minimum absolute atomic E-state index is 0.317. The second-order valence-corrected chi connectivity index (χ2v) is 5.40. The van der Waals surface area contributed by atoms with Crippen molar-refractivity contribution in [3.63, 3.8) is 0 Å². The van der Waals surface area contributed by atoms with Gasteiger partial charge in [-0.1, -0.05) is 13.8 Å². The summed E-state index contributed by atoms with van der Waals surface area (Å²) in [6.07, 6.45) is 0.698. The Balaban J connectivity index is 2.38. The van der Waals surface area contributed by atoms with Crippen molar-refractivity contribution in [2.45, 2.75) is 26.3 Å². The molecule has 108 valence electrons. The van der Waals surface area contributed by atoms with Crippen LogP contribution in [0.3, 0.4) is 0 Å². The summed E-state index contributed by atoms with van der Waals surface area (Å²) >= 11 is 3.18. The molecular weight excluding hydrogens is 313 g/mol. The number of hydrogen-bond acceptors (Lipinski definition) is 3. The molecule has 5 heteroatoms. The first kappa shape index (κ1) is 16.4. The summed E-state index contributed by atoms with van der Waals surface area (Å²) in [5, 5.41) is 3.28. The predicted octanol–water partition coefficient (Wildman–Crippen LogP) is 3.15. The number of ether oxygens (including phenoxy) is 2. The van der Waals surface area contributed by atoms with Crippen LogP contribution in [0.1, 0.15) is 19.4 Å². The zero-order chi connectivity index (χ0) is 14.3. The molecule has 1 rings (SSSR count). The fraction of sp³-hybridized carbons (Fsp3) is 0.571. The molecule has 0 spiro atoms. The van der Waals surface area contributed by atoms with E-state index in [-0.39, 0.29) is 5.82 Å². The minimum atomic E-state index is -0.317. The van der Waals surface area contributed by atoms with Gasteiger partial charge in [0, 0.05) is 18.7 Å². The SMILES string of the molecule is COc1cc(F)c(Br)cc1CCOCCNC(C)C. The summed E-state index contributed by atoms with van der Waals surface area (Å²) in [6, 6.07) is 3.60. The zero-order valence-electron chi connectivity index (χ0n) is 11.6. The van der Waals surface area contributed by atoms with Gasteiger partial charge in [-0.2, -0.15) is 0 Å². The fourth-order valence-corrected chi connectivity index (χ4v) is 2.05. The van der Waals surface area contributed by atoms with Gasteiger partial charge in [0.05, 0.1) is 24.8 Å². The second-order valence-electron chi connectivity index (χ2n) is 4.55. The van der Waals surface area contributed by atoms with Gasteiger partial charge in [-0.25, -0.2) is 4.39 Å². The van der Waals surface area contributed by atoms with Gasteiger partial charge >= 0.3 is 0 Å². The summed E-state index contributed by atoms with van der Waals surface area (Å²) < 4.78 is 24.5. The van der Waals surface area contributed by atoms with Crippen LogP contribution >= 0.6 is 15.9 Å². The number of halogens is 2. The molecule has 0 unspecified atom stereocenters. The Morgan fingerprint density at radius 3 is 2.68 bits per heavy atom. The van der Waals surface area contributed by atoms with E-state index in [0.717, 1.165) is 12.1 Å². The Morgan fingerprint density at radius 1 is 1.32 bits per heavy atom.